The molecule has 0 saturated carbocycles. The lowest BCUT2D eigenvalue weighted by molar-refractivity contribution is -0.116. The van der Waals surface area contributed by atoms with Crippen LogP contribution in [0.15, 0.2) is 36.5 Å². The van der Waals surface area contributed by atoms with E-state index < -0.39 is 5.82 Å². The van der Waals surface area contributed by atoms with Crippen molar-refractivity contribution in [3.63, 3.8) is 0 Å². The maximum Gasteiger partial charge on any atom is 0.261 e. The fraction of sp³-hybridized carbons (Fsp3) is 0.375. The van der Waals surface area contributed by atoms with E-state index in [4.69, 9.17) is 4.74 Å². The van der Waals surface area contributed by atoms with Gasteiger partial charge in [-0.1, -0.05) is 0 Å². The Morgan fingerprint density at radius 3 is 2.50 bits per heavy atom. The molecule has 2 aromatic heterocycles. The third kappa shape index (κ3) is 5.18. The number of carbonyl (C=O) groups excluding carboxylic acids is 2. The lowest BCUT2D eigenvalue weighted by atomic mass is 10.2. The molecule has 3 aromatic rings. The molecule has 2 amide bonds. The van der Waals surface area contributed by atoms with Crippen molar-refractivity contribution in [1.82, 2.24) is 19.2 Å². The van der Waals surface area contributed by atoms with Gasteiger partial charge in [0.05, 0.1) is 25.1 Å². The highest BCUT2D eigenvalue weighted by Crippen LogP contribution is 2.23. The van der Waals surface area contributed by atoms with Crippen LogP contribution in [0.5, 0.6) is 0 Å². The Hall–Kier alpha value is -3.50. The van der Waals surface area contributed by atoms with Crippen LogP contribution < -0.4 is 10.6 Å². The van der Waals surface area contributed by atoms with Crippen molar-refractivity contribution < 1.29 is 18.7 Å². The number of hydrogen-bond donors (Lipinski definition) is 2. The molecule has 0 atom stereocenters. The summed E-state index contributed by atoms with van der Waals surface area (Å²) in [5.74, 6) is -0.608. The Balaban J connectivity index is 1.45. The van der Waals surface area contributed by atoms with Gasteiger partial charge in [0.25, 0.3) is 5.91 Å². The Morgan fingerprint density at radius 1 is 1.09 bits per heavy atom. The predicted octanol–water partition coefficient (Wildman–Crippen LogP) is 2.88. The van der Waals surface area contributed by atoms with Crippen LogP contribution in [0.4, 0.5) is 15.8 Å². The second-order valence-electron chi connectivity index (χ2n) is 8.36. The lowest BCUT2D eigenvalue weighted by Gasteiger charge is -2.26. The van der Waals surface area contributed by atoms with Gasteiger partial charge in [-0.15, -0.1) is 0 Å². The molecule has 4 rings (SSSR count). The van der Waals surface area contributed by atoms with Gasteiger partial charge in [-0.25, -0.2) is 4.39 Å². The first-order chi connectivity index (χ1) is 16.3. The van der Waals surface area contributed by atoms with Gasteiger partial charge in [0, 0.05) is 50.2 Å². The third-order valence-corrected chi connectivity index (χ3v) is 5.89. The molecule has 0 unspecified atom stereocenters. The molecule has 9 nitrogen and oxygen atoms in total. The molecule has 0 spiro atoms. The minimum atomic E-state index is -0.571. The minimum Gasteiger partial charge on any atom is -0.379 e. The summed E-state index contributed by atoms with van der Waals surface area (Å²) < 4.78 is 23.2. The number of anilines is 2. The molecule has 180 valence electrons. The van der Waals surface area contributed by atoms with Gasteiger partial charge in [-0.05, 0) is 44.2 Å². The lowest BCUT2D eigenvalue weighted by Crippen LogP contribution is -2.38. The Kier molecular flexibility index (Phi) is 7.09. The summed E-state index contributed by atoms with van der Waals surface area (Å²) in [4.78, 5) is 27.6. The van der Waals surface area contributed by atoms with Crippen molar-refractivity contribution >= 4 is 23.2 Å². The van der Waals surface area contributed by atoms with Crippen LogP contribution in [0.3, 0.4) is 0 Å². The number of carbonyl (C=O) groups is 2. The van der Waals surface area contributed by atoms with Crippen molar-refractivity contribution in [3.8, 4) is 5.82 Å². The van der Waals surface area contributed by atoms with Gasteiger partial charge >= 0.3 is 0 Å². The quantitative estimate of drug-likeness (QED) is 0.556. The SMILES string of the molecule is Cc1ccc(C)n1-c1c(C(=O)Nc2ccc(F)c(NC(=O)CCN3CCOCC3)c2)cnn1C. The summed E-state index contributed by atoms with van der Waals surface area (Å²) in [6, 6.07) is 8.04. The van der Waals surface area contributed by atoms with Gasteiger partial charge in [-0.3, -0.25) is 19.2 Å². The molecule has 1 aromatic carbocycles. The second kappa shape index (κ2) is 10.2. The van der Waals surface area contributed by atoms with E-state index in [1.165, 1.54) is 24.4 Å². The summed E-state index contributed by atoms with van der Waals surface area (Å²) in [6.45, 7) is 7.35. The average Bonchev–Trinajstić information content (AvgIpc) is 3.36. The van der Waals surface area contributed by atoms with Crippen LogP contribution in [0.1, 0.15) is 28.2 Å². The van der Waals surface area contributed by atoms with Crippen LogP contribution in [0, 0.1) is 19.7 Å². The largest absolute Gasteiger partial charge is 0.379 e. The van der Waals surface area contributed by atoms with Crippen molar-refractivity contribution in [3.05, 3.63) is 59.3 Å². The van der Waals surface area contributed by atoms with Crippen LogP contribution in [-0.2, 0) is 16.6 Å². The summed E-state index contributed by atoms with van der Waals surface area (Å²) in [5, 5.41) is 9.66. The molecule has 0 bridgehead atoms. The van der Waals surface area contributed by atoms with E-state index in [2.05, 4.69) is 20.6 Å². The van der Waals surface area contributed by atoms with Crippen LogP contribution in [0.25, 0.3) is 5.82 Å². The van der Waals surface area contributed by atoms with Crippen molar-refractivity contribution in [2.24, 2.45) is 7.05 Å². The summed E-state index contributed by atoms with van der Waals surface area (Å²) >= 11 is 0. The molecule has 3 heterocycles. The van der Waals surface area contributed by atoms with Gasteiger partial charge < -0.3 is 19.9 Å². The Morgan fingerprint density at radius 2 is 1.79 bits per heavy atom. The number of rotatable bonds is 7. The molecule has 0 aliphatic carbocycles. The number of hydrogen-bond acceptors (Lipinski definition) is 5. The maximum absolute atomic E-state index is 14.4. The van der Waals surface area contributed by atoms with Crippen LogP contribution in [0.2, 0.25) is 0 Å². The molecule has 0 radical (unpaired) electrons. The van der Waals surface area contributed by atoms with E-state index >= 15 is 0 Å². The van der Waals surface area contributed by atoms with E-state index in [0.717, 1.165) is 24.5 Å². The van der Waals surface area contributed by atoms with E-state index in [-0.39, 0.29) is 23.9 Å². The van der Waals surface area contributed by atoms with Crippen molar-refractivity contribution in [2.45, 2.75) is 20.3 Å². The monoisotopic (exact) mass is 468 g/mol. The maximum atomic E-state index is 14.4. The van der Waals surface area contributed by atoms with Gasteiger partial charge in [0.1, 0.15) is 17.2 Å². The van der Waals surface area contributed by atoms with E-state index in [0.29, 0.717) is 36.8 Å². The Labute approximate surface area is 197 Å². The molecule has 34 heavy (non-hydrogen) atoms. The second-order valence-corrected chi connectivity index (χ2v) is 8.36. The number of nitrogens with zero attached hydrogens (tertiary/aromatic N) is 4. The summed E-state index contributed by atoms with van der Waals surface area (Å²) in [5.41, 5.74) is 2.71. The third-order valence-electron chi connectivity index (χ3n) is 5.89. The number of benzene rings is 1. The number of aryl methyl sites for hydroxylation is 3. The normalized spacial score (nSPS) is 14.2. The fourth-order valence-electron chi connectivity index (χ4n) is 4.05. The number of halogens is 1. The molecule has 1 aliphatic rings. The highest BCUT2D eigenvalue weighted by Gasteiger charge is 2.21. The molecule has 2 N–H and O–H groups in total. The summed E-state index contributed by atoms with van der Waals surface area (Å²) in [6.07, 6.45) is 1.74. The van der Waals surface area contributed by atoms with Gasteiger partial charge in [0.15, 0.2) is 0 Å². The van der Waals surface area contributed by atoms with E-state index in [1.54, 1.807) is 11.7 Å². The molecule has 10 heteroatoms. The first-order valence-electron chi connectivity index (χ1n) is 11.2. The molecule has 1 saturated heterocycles. The van der Waals surface area contributed by atoms with E-state index in [1.807, 2.05) is 30.5 Å². The molecular formula is C24H29FN6O3. The molecule has 1 fully saturated rings. The Bertz CT molecular complexity index is 1180. The average molecular weight is 469 g/mol. The fourth-order valence-corrected chi connectivity index (χ4v) is 4.05. The number of amides is 2. The van der Waals surface area contributed by atoms with Gasteiger partial charge in [0.2, 0.25) is 5.91 Å². The zero-order valence-electron chi connectivity index (χ0n) is 19.6. The summed E-state index contributed by atoms with van der Waals surface area (Å²) in [7, 11) is 1.77. The molecular weight excluding hydrogens is 439 g/mol. The predicted molar refractivity (Wildman–Crippen MR) is 127 cm³/mol. The standard InChI is InChI=1S/C24H29FN6O3/c1-16-4-5-17(2)31(16)24-19(15-26-29(24)3)23(33)27-18-6-7-20(25)21(14-18)28-22(32)8-9-30-10-12-34-13-11-30/h4-7,14-15H,8-13H2,1-3H3,(H,27,33)(H,28,32). The highest BCUT2D eigenvalue weighted by atomic mass is 19.1. The topological polar surface area (TPSA) is 93.4 Å². The van der Waals surface area contributed by atoms with E-state index in [9.17, 15) is 14.0 Å². The first-order valence-corrected chi connectivity index (χ1v) is 11.2. The number of morpholine rings is 1. The highest BCUT2D eigenvalue weighted by molar-refractivity contribution is 6.06. The number of nitrogens with one attached hydrogen (secondary N) is 2. The van der Waals surface area contributed by atoms with Crippen molar-refractivity contribution in [2.75, 3.05) is 43.5 Å². The van der Waals surface area contributed by atoms with Crippen LogP contribution in [-0.4, -0.2) is 63.9 Å². The number of ether oxygens (including phenoxy) is 1. The van der Waals surface area contributed by atoms with Gasteiger partial charge in [-0.2, -0.15) is 5.10 Å². The molecule has 1 aliphatic heterocycles. The first kappa shape index (κ1) is 23.7. The van der Waals surface area contributed by atoms with Crippen LogP contribution >= 0.6 is 0 Å². The number of aromatic nitrogens is 3. The minimum absolute atomic E-state index is 0.0216. The zero-order chi connectivity index (χ0) is 24.2. The smallest absolute Gasteiger partial charge is 0.261 e. The van der Waals surface area contributed by atoms with Crippen molar-refractivity contribution in [1.29, 1.82) is 0 Å². The zero-order valence-corrected chi connectivity index (χ0v) is 19.6.